The van der Waals surface area contributed by atoms with E-state index in [1.54, 1.807) is 24.3 Å². The molecule has 1 aromatic rings. The van der Waals surface area contributed by atoms with E-state index in [4.69, 9.17) is 10.5 Å². The Balaban J connectivity index is 2.17. The molecular weight excluding hydrogens is 238 g/mol. The number of benzene rings is 1. The van der Waals surface area contributed by atoms with Gasteiger partial charge in [0.15, 0.2) is 9.84 Å². The molecule has 1 fully saturated rings. The number of nitrogen functional groups attached to an aromatic ring is 1. The highest BCUT2D eigenvalue weighted by molar-refractivity contribution is 7.91. The molecule has 0 radical (unpaired) electrons. The molecule has 0 aromatic heterocycles. The van der Waals surface area contributed by atoms with Crippen molar-refractivity contribution in [3.8, 4) is 0 Å². The summed E-state index contributed by atoms with van der Waals surface area (Å²) in [7, 11) is -3.35. The van der Waals surface area contributed by atoms with E-state index in [1.807, 2.05) is 6.92 Å². The molecule has 2 rings (SSSR count). The molecule has 0 aliphatic carbocycles. The molecule has 4 nitrogen and oxygen atoms in total. The molecule has 5 heteroatoms. The summed E-state index contributed by atoms with van der Waals surface area (Å²) >= 11 is 0. The van der Waals surface area contributed by atoms with Crippen molar-refractivity contribution >= 4 is 15.5 Å². The zero-order valence-electron chi connectivity index (χ0n) is 9.80. The monoisotopic (exact) mass is 255 g/mol. The van der Waals surface area contributed by atoms with E-state index in [0.717, 1.165) is 12.8 Å². The van der Waals surface area contributed by atoms with Crippen molar-refractivity contribution in [3.05, 3.63) is 24.3 Å². The van der Waals surface area contributed by atoms with Gasteiger partial charge in [-0.25, -0.2) is 8.42 Å². The van der Waals surface area contributed by atoms with Gasteiger partial charge in [-0.05, 0) is 31.9 Å². The number of ether oxygens (including phenoxy) is 1. The second-order valence-electron chi connectivity index (χ2n) is 4.47. The van der Waals surface area contributed by atoms with E-state index >= 15 is 0 Å². The van der Waals surface area contributed by atoms with Crippen LogP contribution in [0.4, 0.5) is 5.69 Å². The standard InChI is InChI=1S/C12H17NO3S/c1-9-6-7-10(16-9)8-17(14,15)12-5-3-2-4-11(12)13/h2-5,9-10H,6-8,13H2,1H3. The van der Waals surface area contributed by atoms with Gasteiger partial charge in [-0.15, -0.1) is 0 Å². The zero-order chi connectivity index (χ0) is 12.5. The molecule has 0 bridgehead atoms. The zero-order valence-corrected chi connectivity index (χ0v) is 10.6. The maximum atomic E-state index is 12.2. The molecule has 94 valence electrons. The largest absolute Gasteiger partial charge is 0.398 e. The Morgan fingerprint density at radius 3 is 2.65 bits per heavy atom. The van der Waals surface area contributed by atoms with Gasteiger partial charge in [0, 0.05) is 0 Å². The van der Waals surface area contributed by atoms with Gasteiger partial charge in [0.05, 0.1) is 28.5 Å². The summed E-state index contributed by atoms with van der Waals surface area (Å²) in [6.45, 7) is 1.96. The third-order valence-electron chi connectivity index (χ3n) is 2.98. The molecule has 1 aliphatic heterocycles. The minimum absolute atomic E-state index is 0.0194. The summed E-state index contributed by atoms with van der Waals surface area (Å²) in [4.78, 5) is 0.211. The lowest BCUT2D eigenvalue weighted by Crippen LogP contribution is -2.22. The van der Waals surface area contributed by atoms with Gasteiger partial charge < -0.3 is 10.5 Å². The Labute approximate surface area is 102 Å². The first-order valence-electron chi connectivity index (χ1n) is 5.72. The topological polar surface area (TPSA) is 69.4 Å². The lowest BCUT2D eigenvalue weighted by molar-refractivity contribution is 0.0690. The van der Waals surface area contributed by atoms with Crippen LogP contribution in [0.15, 0.2) is 29.2 Å². The molecule has 2 N–H and O–H groups in total. The van der Waals surface area contributed by atoms with Crippen LogP contribution in [0.1, 0.15) is 19.8 Å². The quantitative estimate of drug-likeness (QED) is 0.833. The van der Waals surface area contributed by atoms with Gasteiger partial charge in [0.2, 0.25) is 0 Å². The number of hydrogen-bond donors (Lipinski definition) is 1. The number of sulfone groups is 1. The second-order valence-corrected chi connectivity index (χ2v) is 6.47. The molecular formula is C12H17NO3S. The number of hydrogen-bond acceptors (Lipinski definition) is 4. The average Bonchev–Trinajstić information content (AvgIpc) is 2.63. The Kier molecular flexibility index (Phi) is 3.40. The van der Waals surface area contributed by atoms with E-state index in [2.05, 4.69) is 0 Å². The molecule has 2 unspecified atom stereocenters. The summed E-state index contributed by atoms with van der Waals surface area (Å²) in [5, 5.41) is 0. The molecule has 2 atom stereocenters. The number of para-hydroxylation sites is 1. The fourth-order valence-corrected chi connectivity index (χ4v) is 3.73. The van der Waals surface area contributed by atoms with Crippen LogP contribution in [0, 0.1) is 0 Å². The van der Waals surface area contributed by atoms with Crippen LogP contribution in [0.3, 0.4) is 0 Å². The fourth-order valence-electron chi connectivity index (χ4n) is 2.11. The first kappa shape index (κ1) is 12.4. The third kappa shape index (κ3) is 2.79. The summed E-state index contributed by atoms with van der Waals surface area (Å²) in [6, 6.07) is 6.55. The molecule has 0 spiro atoms. The summed E-state index contributed by atoms with van der Waals surface area (Å²) in [5.74, 6) is 0.0194. The molecule has 0 saturated carbocycles. The molecule has 17 heavy (non-hydrogen) atoms. The minimum Gasteiger partial charge on any atom is -0.398 e. The predicted octanol–water partition coefficient (Wildman–Crippen LogP) is 1.61. The molecule has 1 heterocycles. The maximum Gasteiger partial charge on any atom is 0.182 e. The highest BCUT2D eigenvalue weighted by Gasteiger charge is 2.28. The average molecular weight is 255 g/mol. The molecule has 1 aliphatic rings. The minimum atomic E-state index is -3.35. The molecule has 0 amide bonds. The van der Waals surface area contributed by atoms with Gasteiger partial charge in [-0.3, -0.25) is 0 Å². The van der Waals surface area contributed by atoms with Crippen LogP contribution in [0.5, 0.6) is 0 Å². The SMILES string of the molecule is CC1CCC(CS(=O)(=O)c2ccccc2N)O1. The van der Waals surface area contributed by atoms with E-state index < -0.39 is 9.84 Å². The summed E-state index contributed by atoms with van der Waals surface area (Å²) < 4.78 is 29.8. The lowest BCUT2D eigenvalue weighted by atomic mass is 10.2. The van der Waals surface area contributed by atoms with Crippen LogP contribution in [-0.2, 0) is 14.6 Å². The first-order valence-corrected chi connectivity index (χ1v) is 7.37. The van der Waals surface area contributed by atoms with Crippen LogP contribution in [0.25, 0.3) is 0 Å². The van der Waals surface area contributed by atoms with Crippen molar-refractivity contribution in [2.24, 2.45) is 0 Å². The number of rotatable bonds is 3. The maximum absolute atomic E-state index is 12.2. The Hall–Kier alpha value is -1.07. The Morgan fingerprint density at radius 1 is 1.35 bits per heavy atom. The van der Waals surface area contributed by atoms with Gasteiger partial charge in [0.25, 0.3) is 0 Å². The third-order valence-corrected chi connectivity index (χ3v) is 4.83. The molecule has 1 saturated heterocycles. The molecule has 1 aromatic carbocycles. The van der Waals surface area contributed by atoms with Crippen molar-refractivity contribution in [1.82, 2.24) is 0 Å². The fraction of sp³-hybridized carbons (Fsp3) is 0.500. The Bertz CT molecular complexity index is 498. The van der Waals surface area contributed by atoms with Gasteiger partial charge in [-0.2, -0.15) is 0 Å². The highest BCUT2D eigenvalue weighted by Crippen LogP contribution is 2.25. The van der Waals surface area contributed by atoms with Crippen molar-refractivity contribution in [3.63, 3.8) is 0 Å². The van der Waals surface area contributed by atoms with E-state index in [9.17, 15) is 8.42 Å². The first-order chi connectivity index (χ1) is 7.99. The normalized spacial score (nSPS) is 25.0. The van der Waals surface area contributed by atoms with Gasteiger partial charge in [-0.1, -0.05) is 12.1 Å². The highest BCUT2D eigenvalue weighted by atomic mass is 32.2. The number of nitrogens with two attached hydrogens (primary N) is 1. The van der Waals surface area contributed by atoms with Crippen LogP contribution in [0.2, 0.25) is 0 Å². The lowest BCUT2D eigenvalue weighted by Gasteiger charge is -2.12. The van der Waals surface area contributed by atoms with Crippen LogP contribution >= 0.6 is 0 Å². The van der Waals surface area contributed by atoms with E-state index in [1.165, 1.54) is 0 Å². The predicted molar refractivity (Wildman–Crippen MR) is 66.5 cm³/mol. The Morgan fingerprint density at radius 2 is 2.06 bits per heavy atom. The van der Waals surface area contributed by atoms with Crippen molar-refractivity contribution in [2.45, 2.75) is 36.9 Å². The second kappa shape index (κ2) is 4.66. The van der Waals surface area contributed by atoms with Crippen molar-refractivity contribution in [2.75, 3.05) is 11.5 Å². The van der Waals surface area contributed by atoms with E-state index in [0.29, 0.717) is 5.69 Å². The van der Waals surface area contributed by atoms with Gasteiger partial charge in [0.1, 0.15) is 0 Å². The summed E-state index contributed by atoms with van der Waals surface area (Å²) in [6.07, 6.45) is 1.68. The number of anilines is 1. The summed E-state index contributed by atoms with van der Waals surface area (Å²) in [5.41, 5.74) is 5.99. The van der Waals surface area contributed by atoms with E-state index in [-0.39, 0.29) is 22.9 Å². The smallest absolute Gasteiger partial charge is 0.182 e. The van der Waals surface area contributed by atoms with Gasteiger partial charge >= 0.3 is 0 Å². The van der Waals surface area contributed by atoms with Crippen LogP contribution in [-0.4, -0.2) is 26.4 Å². The van der Waals surface area contributed by atoms with Crippen molar-refractivity contribution < 1.29 is 13.2 Å². The van der Waals surface area contributed by atoms with Crippen molar-refractivity contribution in [1.29, 1.82) is 0 Å². The van der Waals surface area contributed by atoms with Crippen LogP contribution < -0.4 is 5.73 Å².